The molecule has 0 aromatic carbocycles. The summed E-state index contributed by atoms with van der Waals surface area (Å²) in [5.41, 5.74) is 0. The highest BCUT2D eigenvalue weighted by Gasteiger charge is 2.13. The molecule has 5 nitrogen and oxygen atoms in total. The fourth-order valence-corrected chi connectivity index (χ4v) is 3.40. The molecule has 0 aromatic rings. The molecule has 0 aliphatic rings. The molecule has 0 saturated heterocycles. The van der Waals surface area contributed by atoms with E-state index in [1.165, 1.54) is 64.2 Å². The monoisotopic (exact) mass is 442 g/mol. The fraction of sp³-hybridized carbons (Fsp3) is 0.923. The standard InChI is InChI=1S/C26H50O5/c1-5-7-9-11-13-15-17-19-25(27)30-21-23(3)29-22-24(4)31-26(28)20-18-16-14-12-10-8-6-2/h23-24H,5-22H2,1-4H3. The predicted molar refractivity (Wildman–Crippen MR) is 127 cm³/mol. The van der Waals surface area contributed by atoms with Crippen LogP contribution in [0.25, 0.3) is 0 Å². The van der Waals surface area contributed by atoms with E-state index in [0.717, 1.165) is 25.7 Å². The second kappa shape index (κ2) is 22.1. The smallest absolute Gasteiger partial charge is 0.306 e. The van der Waals surface area contributed by atoms with E-state index in [0.29, 0.717) is 19.4 Å². The molecule has 0 N–H and O–H groups in total. The van der Waals surface area contributed by atoms with Gasteiger partial charge in [-0.15, -0.1) is 0 Å². The third-order valence-corrected chi connectivity index (χ3v) is 5.40. The van der Waals surface area contributed by atoms with Crippen LogP contribution >= 0.6 is 0 Å². The molecule has 31 heavy (non-hydrogen) atoms. The molecule has 0 aromatic heterocycles. The van der Waals surface area contributed by atoms with Crippen LogP contribution in [-0.2, 0) is 23.8 Å². The van der Waals surface area contributed by atoms with Gasteiger partial charge in [0.05, 0.1) is 12.7 Å². The zero-order valence-corrected chi connectivity index (χ0v) is 20.9. The molecule has 0 amide bonds. The molecule has 2 unspecified atom stereocenters. The lowest BCUT2D eigenvalue weighted by molar-refractivity contribution is -0.154. The van der Waals surface area contributed by atoms with E-state index >= 15 is 0 Å². The second-order valence-corrected chi connectivity index (χ2v) is 8.87. The Morgan fingerprint density at radius 3 is 1.55 bits per heavy atom. The quantitative estimate of drug-likeness (QED) is 0.132. The summed E-state index contributed by atoms with van der Waals surface area (Å²) in [4.78, 5) is 23.7. The first-order valence-corrected chi connectivity index (χ1v) is 13.0. The number of carbonyl (C=O) groups excluding carboxylic acids is 2. The molecule has 0 fully saturated rings. The zero-order valence-electron chi connectivity index (χ0n) is 20.9. The van der Waals surface area contributed by atoms with E-state index < -0.39 is 0 Å². The number of unbranched alkanes of at least 4 members (excludes halogenated alkanes) is 12. The van der Waals surface area contributed by atoms with Crippen molar-refractivity contribution in [2.24, 2.45) is 0 Å². The third kappa shape index (κ3) is 21.9. The minimum Gasteiger partial charge on any atom is -0.463 e. The van der Waals surface area contributed by atoms with Crippen molar-refractivity contribution < 1.29 is 23.8 Å². The van der Waals surface area contributed by atoms with Gasteiger partial charge in [0.25, 0.3) is 0 Å². The van der Waals surface area contributed by atoms with Gasteiger partial charge < -0.3 is 14.2 Å². The molecular formula is C26H50O5. The Bertz CT molecular complexity index is 424. The van der Waals surface area contributed by atoms with Crippen molar-refractivity contribution in [3.05, 3.63) is 0 Å². The molecule has 0 heterocycles. The Kier molecular flexibility index (Phi) is 21.3. The molecule has 0 spiro atoms. The van der Waals surface area contributed by atoms with Gasteiger partial charge in [-0.2, -0.15) is 0 Å². The SMILES string of the molecule is CCCCCCCCCC(=O)OCC(C)OCC(C)OC(=O)CCCCCCCCC. The highest BCUT2D eigenvalue weighted by Crippen LogP contribution is 2.10. The van der Waals surface area contributed by atoms with Gasteiger partial charge in [0, 0.05) is 12.8 Å². The zero-order chi connectivity index (χ0) is 23.2. The Hall–Kier alpha value is -1.10. The minimum atomic E-state index is -0.289. The minimum absolute atomic E-state index is 0.154. The van der Waals surface area contributed by atoms with Crippen molar-refractivity contribution in [3.63, 3.8) is 0 Å². The Balaban J connectivity index is 3.61. The summed E-state index contributed by atoms with van der Waals surface area (Å²) in [5.74, 6) is -0.309. The maximum Gasteiger partial charge on any atom is 0.306 e. The van der Waals surface area contributed by atoms with E-state index in [1.807, 2.05) is 13.8 Å². The van der Waals surface area contributed by atoms with Gasteiger partial charge in [-0.05, 0) is 26.7 Å². The molecule has 5 heteroatoms. The lowest BCUT2D eigenvalue weighted by Crippen LogP contribution is -2.26. The largest absolute Gasteiger partial charge is 0.463 e. The van der Waals surface area contributed by atoms with E-state index in [2.05, 4.69) is 13.8 Å². The molecule has 0 radical (unpaired) electrons. The summed E-state index contributed by atoms with van der Waals surface area (Å²) in [6.07, 6.45) is 17.0. The Labute approximate surface area is 192 Å². The maximum atomic E-state index is 11.9. The van der Waals surface area contributed by atoms with Crippen molar-refractivity contribution in [1.29, 1.82) is 0 Å². The first-order valence-electron chi connectivity index (χ1n) is 13.0. The number of ether oxygens (including phenoxy) is 3. The van der Waals surface area contributed by atoms with Crippen LogP contribution < -0.4 is 0 Å². The third-order valence-electron chi connectivity index (χ3n) is 5.40. The summed E-state index contributed by atoms with van der Waals surface area (Å²) in [5, 5.41) is 0. The highest BCUT2D eigenvalue weighted by molar-refractivity contribution is 5.69. The van der Waals surface area contributed by atoms with Crippen molar-refractivity contribution in [2.75, 3.05) is 13.2 Å². The van der Waals surface area contributed by atoms with E-state index in [9.17, 15) is 9.59 Å². The van der Waals surface area contributed by atoms with Crippen molar-refractivity contribution in [2.45, 2.75) is 143 Å². The number of hydrogen-bond donors (Lipinski definition) is 0. The number of esters is 2. The molecule has 0 aliphatic heterocycles. The summed E-state index contributed by atoms with van der Waals surface area (Å²) in [6, 6.07) is 0. The van der Waals surface area contributed by atoms with Gasteiger partial charge in [-0.1, -0.05) is 90.9 Å². The number of rotatable bonds is 22. The average molecular weight is 443 g/mol. The van der Waals surface area contributed by atoms with Crippen LogP contribution in [0.5, 0.6) is 0 Å². The van der Waals surface area contributed by atoms with Crippen LogP contribution in [0.1, 0.15) is 130 Å². The van der Waals surface area contributed by atoms with Crippen LogP contribution in [0, 0.1) is 0 Å². The van der Waals surface area contributed by atoms with E-state index in [1.54, 1.807) is 0 Å². The molecule has 0 aliphatic carbocycles. The molecular weight excluding hydrogens is 392 g/mol. The van der Waals surface area contributed by atoms with Crippen LogP contribution in [0.15, 0.2) is 0 Å². The lowest BCUT2D eigenvalue weighted by atomic mass is 10.1. The fourth-order valence-electron chi connectivity index (χ4n) is 3.40. The van der Waals surface area contributed by atoms with Crippen LogP contribution in [0.4, 0.5) is 0 Å². The summed E-state index contributed by atoms with van der Waals surface area (Å²) in [6.45, 7) is 8.70. The number of carbonyl (C=O) groups is 2. The van der Waals surface area contributed by atoms with Gasteiger partial charge in [0.2, 0.25) is 0 Å². The summed E-state index contributed by atoms with van der Waals surface area (Å²) < 4.78 is 16.4. The average Bonchev–Trinajstić information content (AvgIpc) is 2.75. The van der Waals surface area contributed by atoms with Crippen molar-refractivity contribution in [1.82, 2.24) is 0 Å². The van der Waals surface area contributed by atoms with Crippen LogP contribution in [0.2, 0.25) is 0 Å². The van der Waals surface area contributed by atoms with E-state index in [4.69, 9.17) is 14.2 Å². The summed E-state index contributed by atoms with van der Waals surface area (Å²) >= 11 is 0. The summed E-state index contributed by atoms with van der Waals surface area (Å²) in [7, 11) is 0. The maximum absolute atomic E-state index is 11.9. The molecule has 0 saturated carbocycles. The highest BCUT2D eigenvalue weighted by atomic mass is 16.6. The van der Waals surface area contributed by atoms with Gasteiger partial charge in [0.15, 0.2) is 0 Å². The first kappa shape index (κ1) is 29.9. The Morgan fingerprint density at radius 1 is 0.581 bits per heavy atom. The van der Waals surface area contributed by atoms with Gasteiger partial charge >= 0.3 is 11.9 Å². The predicted octanol–water partition coefficient (Wildman–Crippen LogP) is 7.15. The van der Waals surface area contributed by atoms with Crippen LogP contribution in [-0.4, -0.2) is 37.4 Å². The normalized spacial score (nSPS) is 13.0. The molecule has 0 bridgehead atoms. The number of hydrogen-bond acceptors (Lipinski definition) is 5. The topological polar surface area (TPSA) is 61.8 Å². The first-order chi connectivity index (χ1) is 15.0. The second-order valence-electron chi connectivity index (χ2n) is 8.87. The van der Waals surface area contributed by atoms with Crippen molar-refractivity contribution >= 4 is 11.9 Å². The molecule has 0 rings (SSSR count). The van der Waals surface area contributed by atoms with Gasteiger partial charge in [-0.25, -0.2) is 0 Å². The van der Waals surface area contributed by atoms with E-state index in [-0.39, 0.29) is 30.8 Å². The van der Waals surface area contributed by atoms with Gasteiger partial charge in [-0.3, -0.25) is 9.59 Å². The molecule has 2 atom stereocenters. The van der Waals surface area contributed by atoms with Crippen LogP contribution in [0.3, 0.4) is 0 Å². The Morgan fingerprint density at radius 2 is 1.03 bits per heavy atom. The lowest BCUT2D eigenvalue weighted by Gasteiger charge is -2.18. The van der Waals surface area contributed by atoms with Crippen molar-refractivity contribution in [3.8, 4) is 0 Å². The molecule has 184 valence electrons. The van der Waals surface area contributed by atoms with Gasteiger partial charge in [0.1, 0.15) is 12.7 Å².